The van der Waals surface area contributed by atoms with Gasteiger partial charge in [0, 0.05) is 6.21 Å². The van der Waals surface area contributed by atoms with E-state index in [9.17, 15) is 4.79 Å². The minimum atomic E-state index is -0.532. The number of aliphatic imine (C=N–C) groups is 1. The summed E-state index contributed by atoms with van der Waals surface area (Å²) in [5.41, 5.74) is 1.15. The standard InChI is InChI=1S/C19H19NO4/c1-19(2,3)18(21)24-15-7-5-14(6-8-15)20-11-13-4-9-16-17(10-13)23-12-22-16/h4-11H,12H2,1-3H3/b20-11+. The van der Waals surface area contributed by atoms with Crippen molar-refractivity contribution in [2.75, 3.05) is 6.79 Å². The van der Waals surface area contributed by atoms with Gasteiger partial charge in [0.1, 0.15) is 5.75 Å². The first-order valence-corrected chi connectivity index (χ1v) is 7.68. The second-order valence-corrected chi connectivity index (χ2v) is 6.50. The zero-order chi connectivity index (χ0) is 17.2. The van der Waals surface area contributed by atoms with Crippen molar-refractivity contribution in [2.24, 2.45) is 10.4 Å². The summed E-state index contributed by atoms with van der Waals surface area (Å²) in [4.78, 5) is 16.3. The van der Waals surface area contributed by atoms with Gasteiger partial charge in [-0.3, -0.25) is 9.79 Å². The molecular formula is C19H19NO4. The third-order valence-corrected chi connectivity index (χ3v) is 3.42. The van der Waals surface area contributed by atoms with Crippen LogP contribution >= 0.6 is 0 Å². The van der Waals surface area contributed by atoms with E-state index in [1.54, 1.807) is 30.5 Å². The van der Waals surface area contributed by atoms with E-state index < -0.39 is 5.41 Å². The van der Waals surface area contributed by atoms with Crippen molar-refractivity contribution in [3.63, 3.8) is 0 Å². The van der Waals surface area contributed by atoms with E-state index in [2.05, 4.69) is 4.99 Å². The highest BCUT2D eigenvalue weighted by Crippen LogP contribution is 2.32. The fraction of sp³-hybridized carbons (Fsp3) is 0.263. The van der Waals surface area contributed by atoms with E-state index in [1.165, 1.54) is 0 Å². The third kappa shape index (κ3) is 3.74. The number of benzene rings is 2. The molecule has 0 unspecified atom stereocenters. The lowest BCUT2D eigenvalue weighted by Gasteiger charge is -2.16. The molecule has 1 aliphatic rings. The van der Waals surface area contributed by atoms with Crippen molar-refractivity contribution in [3.05, 3.63) is 48.0 Å². The SMILES string of the molecule is CC(C)(C)C(=O)Oc1ccc(/N=C/c2ccc3c(c2)OCO3)cc1. The highest BCUT2D eigenvalue weighted by molar-refractivity contribution is 5.83. The molecule has 2 aromatic carbocycles. The Bertz CT molecular complexity index is 773. The number of esters is 1. The van der Waals surface area contributed by atoms with Crippen molar-refractivity contribution in [1.82, 2.24) is 0 Å². The maximum atomic E-state index is 11.8. The summed E-state index contributed by atoms with van der Waals surface area (Å²) in [6, 6.07) is 12.7. The molecule has 0 saturated heterocycles. The summed E-state index contributed by atoms with van der Waals surface area (Å²) in [5, 5.41) is 0. The van der Waals surface area contributed by atoms with Crippen LogP contribution in [0.4, 0.5) is 5.69 Å². The van der Waals surface area contributed by atoms with Gasteiger partial charge in [0.25, 0.3) is 0 Å². The number of hydrogen-bond acceptors (Lipinski definition) is 5. The van der Waals surface area contributed by atoms with E-state index in [-0.39, 0.29) is 12.8 Å². The molecule has 0 atom stereocenters. The number of carbonyl (C=O) groups is 1. The maximum Gasteiger partial charge on any atom is 0.316 e. The quantitative estimate of drug-likeness (QED) is 0.484. The van der Waals surface area contributed by atoms with Crippen molar-refractivity contribution in [3.8, 4) is 17.2 Å². The van der Waals surface area contributed by atoms with Crippen LogP contribution in [-0.4, -0.2) is 19.0 Å². The molecule has 1 aliphatic heterocycles. The molecule has 0 aromatic heterocycles. The van der Waals surface area contributed by atoms with E-state index in [0.717, 1.165) is 22.7 Å². The average molecular weight is 325 g/mol. The zero-order valence-electron chi connectivity index (χ0n) is 13.9. The summed E-state index contributed by atoms with van der Waals surface area (Å²) in [5.74, 6) is 1.72. The molecule has 124 valence electrons. The van der Waals surface area contributed by atoms with E-state index >= 15 is 0 Å². The normalized spacial score (nSPS) is 13.3. The van der Waals surface area contributed by atoms with Gasteiger partial charge in [-0.2, -0.15) is 0 Å². The Kier molecular flexibility index (Phi) is 4.25. The molecular weight excluding hydrogens is 306 g/mol. The van der Waals surface area contributed by atoms with Gasteiger partial charge >= 0.3 is 5.97 Å². The molecule has 5 heteroatoms. The number of hydrogen-bond donors (Lipinski definition) is 0. The Morgan fingerprint density at radius 1 is 1.08 bits per heavy atom. The van der Waals surface area contributed by atoms with Gasteiger partial charge < -0.3 is 14.2 Å². The maximum absolute atomic E-state index is 11.8. The van der Waals surface area contributed by atoms with Gasteiger partial charge in [0.2, 0.25) is 6.79 Å². The molecule has 0 aliphatic carbocycles. The Hall–Kier alpha value is -2.82. The van der Waals surface area contributed by atoms with Crippen molar-refractivity contribution >= 4 is 17.9 Å². The minimum absolute atomic E-state index is 0.255. The summed E-state index contributed by atoms with van der Waals surface area (Å²) in [7, 11) is 0. The van der Waals surface area contributed by atoms with Gasteiger partial charge in [0.05, 0.1) is 11.1 Å². The van der Waals surface area contributed by atoms with Gasteiger partial charge in [-0.15, -0.1) is 0 Å². The predicted octanol–water partition coefficient (Wildman–Crippen LogP) is 4.12. The molecule has 0 bridgehead atoms. The zero-order valence-corrected chi connectivity index (χ0v) is 13.9. The molecule has 24 heavy (non-hydrogen) atoms. The van der Waals surface area contributed by atoms with Crippen LogP contribution < -0.4 is 14.2 Å². The highest BCUT2D eigenvalue weighted by atomic mass is 16.7. The minimum Gasteiger partial charge on any atom is -0.454 e. The van der Waals surface area contributed by atoms with E-state index in [1.807, 2.05) is 39.0 Å². The molecule has 0 N–H and O–H groups in total. The van der Waals surface area contributed by atoms with E-state index in [0.29, 0.717) is 5.75 Å². The summed E-state index contributed by atoms with van der Waals surface area (Å²) >= 11 is 0. The Morgan fingerprint density at radius 2 is 1.79 bits per heavy atom. The van der Waals surface area contributed by atoms with Crippen molar-refractivity contribution in [2.45, 2.75) is 20.8 Å². The van der Waals surface area contributed by atoms with Gasteiger partial charge in [-0.05, 0) is 68.8 Å². The molecule has 0 fully saturated rings. The Labute approximate surface area is 140 Å². The lowest BCUT2D eigenvalue weighted by molar-refractivity contribution is -0.142. The second kappa shape index (κ2) is 6.35. The first-order chi connectivity index (χ1) is 11.4. The molecule has 0 amide bonds. The monoisotopic (exact) mass is 325 g/mol. The van der Waals surface area contributed by atoms with Crippen LogP contribution in [0.2, 0.25) is 0 Å². The number of nitrogens with zero attached hydrogens (tertiary/aromatic N) is 1. The Balaban J connectivity index is 1.67. The van der Waals surface area contributed by atoms with Crippen LogP contribution in [0.25, 0.3) is 0 Å². The van der Waals surface area contributed by atoms with Crippen LogP contribution in [0.5, 0.6) is 17.2 Å². The Morgan fingerprint density at radius 3 is 2.50 bits per heavy atom. The summed E-state index contributed by atoms with van der Waals surface area (Å²) < 4.78 is 15.9. The second-order valence-electron chi connectivity index (χ2n) is 6.50. The fourth-order valence-electron chi connectivity index (χ4n) is 2.00. The van der Waals surface area contributed by atoms with Crippen molar-refractivity contribution < 1.29 is 19.0 Å². The molecule has 0 saturated carbocycles. The van der Waals surface area contributed by atoms with Crippen LogP contribution in [0.15, 0.2) is 47.5 Å². The number of rotatable bonds is 3. The fourth-order valence-corrected chi connectivity index (χ4v) is 2.00. The predicted molar refractivity (Wildman–Crippen MR) is 91.4 cm³/mol. The van der Waals surface area contributed by atoms with Crippen LogP contribution in [0.1, 0.15) is 26.3 Å². The smallest absolute Gasteiger partial charge is 0.316 e. The number of carbonyl (C=O) groups excluding carboxylic acids is 1. The largest absolute Gasteiger partial charge is 0.454 e. The molecule has 1 heterocycles. The van der Waals surface area contributed by atoms with Crippen LogP contribution in [-0.2, 0) is 4.79 Å². The number of ether oxygens (including phenoxy) is 3. The van der Waals surface area contributed by atoms with Gasteiger partial charge in [0.15, 0.2) is 11.5 Å². The van der Waals surface area contributed by atoms with Gasteiger partial charge in [-0.25, -0.2) is 0 Å². The lowest BCUT2D eigenvalue weighted by atomic mass is 9.97. The van der Waals surface area contributed by atoms with E-state index in [4.69, 9.17) is 14.2 Å². The highest BCUT2D eigenvalue weighted by Gasteiger charge is 2.23. The molecule has 2 aromatic rings. The summed E-state index contributed by atoms with van der Waals surface area (Å²) in [6.45, 7) is 5.71. The third-order valence-electron chi connectivity index (χ3n) is 3.42. The van der Waals surface area contributed by atoms with Crippen molar-refractivity contribution in [1.29, 1.82) is 0 Å². The number of fused-ring (bicyclic) bond motifs is 1. The lowest BCUT2D eigenvalue weighted by Crippen LogP contribution is -2.25. The molecule has 3 rings (SSSR count). The van der Waals surface area contributed by atoms with Crippen LogP contribution in [0, 0.1) is 5.41 Å². The average Bonchev–Trinajstić information content (AvgIpc) is 3.01. The van der Waals surface area contributed by atoms with Crippen LogP contribution in [0.3, 0.4) is 0 Å². The first-order valence-electron chi connectivity index (χ1n) is 7.68. The van der Waals surface area contributed by atoms with Gasteiger partial charge in [-0.1, -0.05) is 0 Å². The topological polar surface area (TPSA) is 57.1 Å². The molecule has 5 nitrogen and oxygen atoms in total. The molecule has 0 spiro atoms. The first kappa shape index (κ1) is 16.1. The molecule has 0 radical (unpaired) electrons. The summed E-state index contributed by atoms with van der Waals surface area (Å²) in [6.07, 6.45) is 1.75.